The topological polar surface area (TPSA) is 93.0 Å². The summed E-state index contributed by atoms with van der Waals surface area (Å²) in [6.07, 6.45) is 2.47. The maximum absolute atomic E-state index is 12.5. The molecule has 35 heavy (non-hydrogen) atoms. The molecule has 0 radical (unpaired) electrons. The minimum absolute atomic E-state index is 0.215. The Morgan fingerprint density at radius 1 is 1.11 bits per heavy atom. The minimum atomic E-state index is -3.78. The summed E-state index contributed by atoms with van der Waals surface area (Å²) in [4.78, 5) is 12.5. The molecule has 0 aliphatic rings. The Bertz CT molecular complexity index is 1400. The van der Waals surface area contributed by atoms with Gasteiger partial charge in [-0.15, -0.1) is 0 Å². The summed E-state index contributed by atoms with van der Waals surface area (Å²) in [5, 5.41) is 5.30. The Morgan fingerprint density at radius 3 is 2.46 bits per heavy atom. The minimum Gasteiger partial charge on any atom is -0.495 e. The van der Waals surface area contributed by atoms with E-state index in [2.05, 4.69) is 10.5 Å². The van der Waals surface area contributed by atoms with Crippen LogP contribution < -0.4 is 14.5 Å². The number of carbonyl (C=O) groups is 1. The number of benzene rings is 2. The smallest absolute Gasteiger partial charge is 0.260 e. The fraction of sp³-hybridized carbons (Fsp3) is 0.217. The molecule has 0 unspecified atom stereocenters. The van der Waals surface area contributed by atoms with E-state index in [-0.39, 0.29) is 10.7 Å². The lowest BCUT2D eigenvalue weighted by molar-refractivity contribution is -0.119. The van der Waals surface area contributed by atoms with Gasteiger partial charge in [0.2, 0.25) is 10.0 Å². The van der Waals surface area contributed by atoms with Crippen LogP contribution in [-0.2, 0) is 14.8 Å². The number of rotatable bonds is 8. The zero-order valence-electron chi connectivity index (χ0n) is 19.3. The predicted molar refractivity (Wildman–Crippen MR) is 141 cm³/mol. The predicted octanol–water partition coefficient (Wildman–Crippen LogP) is 4.98. The molecule has 0 fully saturated rings. The molecule has 186 valence electrons. The first kappa shape index (κ1) is 26.9. The third-order valence-corrected chi connectivity index (χ3v) is 7.11. The van der Waals surface area contributed by atoms with Crippen molar-refractivity contribution in [3.63, 3.8) is 0 Å². The Morgan fingerprint density at radius 2 is 1.83 bits per heavy atom. The second-order valence-corrected chi connectivity index (χ2v) is 10.8. The first-order chi connectivity index (χ1) is 16.4. The number of hydrogen-bond donors (Lipinski definition) is 1. The van der Waals surface area contributed by atoms with E-state index in [1.54, 1.807) is 18.2 Å². The van der Waals surface area contributed by atoms with Crippen LogP contribution in [0.1, 0.15) is 17.0 Å². The van der Waals surface area contributed by atoms with Crippen molar-refractivity contribution in [1.82, 2.24) is 9.99 Å². The molecule has 8 nitrogen and oxygen atoms in total. The molecule has 1 aromatic heterocycles. The second kappa shape index (κ2) is 10.9. The molecule has 0 atom stereocenters. The van der Waals surface area contributed by atoms with Crippen molar-refractivity contribution in [2.75, 3.05) is 24.2 Å². The number of halogens is 3. The molecule has 0 aliphatic carbocycles. The number of nitrogens with zero attached hydrogens (tertiary/aromatic N) is 3. The molecule has 12 heteroatoms. The zero-order chi connectivity index (χ0) is 25.9. The van der Waals surface area contributed by atoms with Gasteiger partial charge in [0, 0.05) is 22.0 Å². The van der Waals surface area contributed by atoms with E-state index in [1.807, 2.05) is 24.5 Å². The first-order valence-electron chi connectivity index (χ1n) is 10.2. The molecule has 3 rings (SSSR count). The van der Waals surface area contributed by atoms with Crippen molar-refractivity contribution >= 4 is 62.6 Å². The summed E-state index contributed by atoms with van der Waals surface area (Å²) >= 11 is 18.6. The highest BCUT2D eigenvalue weighted by atomic mass is 35.5. The number of anilines is 1. The highest BCUT2D eigenvalue weighted by Gasteiger charge is 2.22. The van der Waals surface area contributed by atoms with E-state index < -0.39 is 22.5 Å². The Hall–Kier alpha value is -2.72. The Kier molecular flexibility index (Phi) is 8.38. The van der Waals surface area contributed by atoms with Gasteiger partial charge in [-0.3, -0.25) is 9.10 Å². The summed E-state index contributed by atoms with van der Waals surface area (Å²) in [6.45, 7) is 3.30. The third-order valence-electron chi connectivity index (χ3n) is 5.12. The number of hydrazone groups is 1. The van der Waals surface area contributed by atoms with Gasteiger partial charge in [-0.25, -0.2) is 13.8 Å². The number of ether oxygens (including phenoxy) is 1. The summed E-state index contributed by atoms with van der Waals surface area (Å²) in [7, 11) is -2.33. The van der Waals surface area contributed by atoms with Gasteiger partial charge in [0.25, 0.3) is 5.91 Å². The van der Waals surface area contributed by atoms with Gasteiger partial charge in [-0.1, -0.05) is 34.8 Å². The lowest BCUT2D eigenvalue weighted by atomic mass is 10.2. The number of amides is 1. The third kappa shape index (κ3) is 6.29. The first-order valence-corrected chi connectivity index (χ1v) is 13.2. The zero-order valence-corrected chi connectivity index (χ0v) is 22.4. The lowest BCUT2D eigenvalue weighted by Gasteiger charge is -2.22. The van der Waals surface area contributed by atoms with Gasteiger partial charge >= 0.3 is 0 Å². The summed E-state index contributed by atoms with van der Waals surface area (Å²) in [5.74, 6) is -0.250. The summed E-state index contributed by atoms with van der Waals surface area (Å²) < 4.78 is 32.6. The van der Waals surface area contributed by atoms with Crippen LogP contribution in [0.15, 0.2) is 47.6 Å². The van der Waals surface area contributed by atoms with Crippen LogP contribution in [-0.4, -0.2) is 45.0 Å². The van der Waals surface area contributed by atoms with Crippen LogP contribution in [0.25, 0.3) is 5.69 Å². The van der Waals surface area contributed by atoms with E-state index in [0.717, 1.165) is 33.2 Å². The van der Waals surface area contributed by atoms with Crippen LogP contribution in [0.4, 0.5) is 5.69 Å². The van der Waals surface area contributed by atoms with Crippen molar-refractivity contribution in [3.8, 4) is 11.4 Å². The Balaban J connectivity index is 1.78. The number of methoxy groups -OCH3 is 1. The maximum Gasteiger partial charge on any atom is 0.260 e. The standard InChI is InChI=1S/C23H23Cl3N4O4S/c1-14-9-16(15(2)30(14)21-10-17(24)5-7-19(21)25)12-27-28-23(31)13-29(35(4,32)33)18-6-8-22(34-3)20(26)11-18/h5-12H,13H2,1-4H3,(H,28,31)/b27-12-. The van der Waals surface area contributed by atoms with Crippen LogP contribution in [0, 0.1) is 13.8 Å². The van der Waals surface area contributed by atoms with Gasteiger partial charge in [0.1, 0.15) is 12.3 Å². The molecule has 1 amide bonds. The van der Waals surface area contributed by atoms with Gasteiger partial charge in [-0.05, 0) is 56.3 Å². The molecule has 1 heterocycles. The van der Waals surface area contributed by atoms with Gasteiger partial charge in [0.05, 0.1) is 41.0 Å². The number of aromatic nitrogens is 1. The molecule has 3 aromatic rings. The van der Waals surface area contributed by atoms with E-state index in [0.29, 0.717) is 15.8 Å². The SMILES string of the molecule is COc1ccc(N(CC(=O)N/N=C\c2cc(C)n(-c3cc(Cl)ccc3Cl)c2C)S(C)(=O)=O)cc1Cl. The highest BCUT2D eigenvalue weighted by Crippen LogP contribution is 2.30. The molecular weight excluding hydrogens is 535 g/mol. The number of hydrogen-bond acceptors (Lipinski definition) is 5. The normalized spacial score (nSPS) is 11.6. The van der Waals surface area contributed by atoms with Crippen molar-refractivity contribution in [1.29, 1.82) is 0 Å². The molecular formula is C23H23Cl3N4O4S. The molecule has 0 spiro atoms. The van der Waals surface area contributed by atoms with Crippen molar-refractivity contribution in [2.24, 2.45) is 5.10 Å². The molecule has 0 bridgehead atoms. The van der Waals surface area contributed by atoms with Gasteiger partial charge in [0.15, 0.2) is 0 Å². The average molecular weight is 558 g/mol. The number of nitrogens with one attached hydrogen (secondary N) is 1. The fourth-order valence-corrected chi connectivity index (χ4v) is 4.96. The number of sulfonamides is 1. The molecule has 0 saturated carbocycles. The summed E-state index contributed by atoms with van der Waals surface area (Å²) in [6, 6.07) is 11.5. The number of aryl methyl sites for hydroxylation is 1. The lowest BCUT2D eigenvalue weighted by Crippen LogP contribution is -2.39. The molecule has 0 saturated heterocycles. The quantitative estimate of drug-likeness (QED) is 0.312. The van der Waals surface area contributed by atoms with Crippen LogP contribution in [0.5, 0.6) is 5.75 Å². The van der Waals surface area contributed by atoms with Crippen LogP contribution in [0.2, 0.25) is 15.1 Å². The van der Waals surface area contributed by atoms with Crippen molar-refractivity contribution in [3.05, 3.63) is 74.5 Å². The largest absolute Gasteiger partial charge is 0.495 e. The summed E-state index contributed by atoms with van der Waals surface area (Å²) in [5.41, 5.74) is 5.76. The van der Waals surface area contributed by atoms with E-state index in [1.165, 1.54) is 31.5 Å². The molecule has 2 aromatic carbocycles. The highest BCUT2D eigenvalue weighted by molar-refractivity contribution is 7.92. The van der Waals surface area contributed by atoms with Crippen LogP contribution in [0.3, 0.4) is 0 Å². The second-order valence-electron chi connectivity index (χ2n) is 7.64. The van der Waals surface area contributed by atoms with Gasteiger partial charge < -0.3 is 9.30 Å². The monoisotopic (exact) mass is 556 g/mol. The molecule has 1 N–H and O–H groups in total. The van der Waals surface area contributed by atoms with Crippen LogP contribution >= 0.6 is 34.8 Å². The fourth-order valence-electron chi connectivity index (χ4n) is 3.50. The van der Waals surface area contributed by atoms with Crippen molar-refractivity contribution < 1.29 is 17.9 Å². The average Bonchev–Trinajstić information content (AvgIpc) is 3.06. The van der Waals surface area contributed by atoms with E-state index >= 15 is 0 Å². The van der Waals surface area contributed by atoms with E-state index in [9.17, 15) is 13.2 Å². The number of carbonyl (C=O) groups excluding carboxylic acids is 1. The maximum atomic E-state index is 12.5. The Labute approximate surface area is 219 Å². The van der Waals surface area contributed by atoms with E-state index in [4.69, 9.17) is 39.5 Å². The van der Waals surface area contributed by atoms with Crippen molar-refractivity contribution in [2.45, 2.75) is 13.8 Å². The van der Waals surface area contributed by atoms with Gasteiger partial charge in [-0.2, -0.15) is 5.10 Å². The molecule has 0 aliphatic heterocycles.